The predicted octanol–water partition coefficient (Wildman–Crippen LogP) is 1.26. The maximum Gasteiger partial charge on any atom is 0.223 e. The lowest BCUT2D eigenvalue weighted by atomic mass is 10.1. The average Bonchev–Trinajstić information content (AvgIpc) is 2.97. The minimum absolute atomic E-state index is 0. The Morgan fingerprint density at radius 2 is 2.20 bits per heavy atom. The highest BCUT2D eigenvalue weighted by Gasteiger charge is 2.28. The summed E-state index contributed by atoms with van der Waals surface area (Å²) in [5.41, 5.74) is 5.88. The topological polar surface area (TPSA) is 55.1 Å². The third-order valence-electron chi connectivity index (χ3n) is 2.60. The van der Waals surface area contributed by atoms with Gasteiger partial charge < -0.3 is 11.1 Å². The standard InChI is InChI=1S/C10H20N2OS.ClH/c1-7(6-14-2)10(13)12-5-9(11)8-3-4-8;/h7-9H,3-6,11H2,1-2H3,(H,12,13);1H. The first-order valence-corrected chi connectivity index (χ1v) is 6.56. The molecule has 1 amide bonds. The van der Waals surface area contributed by atoms with Gasteiger partial charge in [0.2, 0.25) is 5.91 Å². The Balaban J connectivity index is 0.00000196. The average molecular weight is 253 g/mol. The van der Waals surface area contributed by atoms with Gasteiger partial charge in [0.25, 0.3) is 0 Å². The number of thioether (sulfide) groups is 1. The summed E-state index contributed by atoms with van der Waals surface area (Å²) in [6.45, 7) is 2.59. The van der Waals surface area contributed by atoms with Gasteiger partial charge in [-0.15, -0.1) is 12.4 Å². The number of rotatable bonds is 6. The third-order valence-corrected chi connectivity index (χ3v) is 3.44. The third kappa shape index (κ3) is 5.64. The Labute approximate surface area is 102 Å². The Kier molecular flexibility index (Phi) is 7.40. The van der Waals surface area contributed by atoms with Crippen molar-refractivity contribution in [1.82, 2.24) is 5.32 Å². The second-order valence-electron chi connectivity index (χ2n) is 4.10. The molecule has 0 aromatic heterocycles. The number of nitrogens with one attached hydrogen (secondary N) is 1. The van der Waals surface area contributed by atoms with Crippen molar-refractivity contribution >= 4 is 30.1 Å². The lowest BCUT2D eigenvalue weighted by molar-refractivity contribution is -0.123. The van der Waals surface area contributed by atoms with Crippen LogP contribution < -0.4 is 11.1 Å². The lowest BCUT2D eigenvalue weighted by Gasteiger charge is -2.14. The van der Waals surface area contributed by atoms with Crippen molar-refractivity contribution in [2.45, 2.75) is 25.8 Å². The molecule has 2 unspecified atom stereocenters. The molecular weight excluding hydrogens is 232 g/mol. The number of carbonyl (C=O) groups is 1. The number of amides is 1. The van der Waals surface area contributed by atoms with Crippen LogP contribution in [-0.2, 0) is 4.79 Å². The summed E-state index contributed by atoms with van der Waals surface area (Å²) < 4.78 is 0. The molecule has 1 saturated carbocycles. The quantitative estimate of drug-likeness (QED) is 0.749. The zero-order valence-electron chi connectivity index (χ0n) is 9.36. The van der Waals surface area contributed by atoms with Crippen molar-refractivity contribution in [1.29, 1.82) is 0 Å². The molecule has 0 radical (unpaired) electrons. The van der Waals surface area contributed by atoms with Crippen LogP contribution in [0.2, 0.25) is 0 Å². The number of hydrogen-bond acceptors (Lipinski definition) is 3. The predicted molar refractivity (Wildman–Crippen MR) is 68.5 cm³/mol. The van der Waals surface area contributed by atoms with E-state index in [0.29, 0.717) is 12.5 Å². The van der Waals surface area contributed by atoms with Crippen LogP contribution in [0.25, 0.3) is 0 Å². The number of carbonyl (C=O) groups excluding carboxylic acids is 1. The van der Waals surface area contributed by atoms with Gasteiger partial charge in [0.15, 0.2) is 0 Å². The zero-order chi connectivity index (χ0) is 10.6. The Bertz CT molecular complexity index is 200. The van der Waals surface area contributed by atoms with Gasteiger partial charge in [-0.05, 0) is 25.0 Å². The van der Waals surface area contributed by atoms with E-state index in [4.69, 9.17) is 5.73 Å². The van der Waals surface area contributed by atoms with Crippen molar-refractivity contribution in [3.63, 3.8) is 0 Å². The van der Waals surface area contributed by atoms with Crippen molar-refractivity contribution in [2.75, 3.05) is 18.6 Å². The summed E-state index contributed by atoms with van der Waals surface area (Å²) in [4.78, 5) is 11.5. The van der Waals surface area contributed by atoms with E-state index in [2.05, 4.69) is 5.32 Å². The SMILES string of the molecule is CSCC(C)C(=O)NCC(N)C1CC1.Cl. The summed E-state index contributed by atoms with van der Waals surface area (Å²) in [5.74, 6) is 1.77. The van der Waals surface area contributed by atoms with Gasteiger partial charge in [-0.3, -0.25) is 4.79 Å². The lowest BCUT2D eigenvalue weighted by Crippen LogP contribution is -2.41. The van der Waals surface area contributed by atoms with Crippen LogP contribution in [0.5, 0.6) is 0 Å². The van der Waals surface area contributed by atoms with E-state index in [1.165, 1.54) is 12.8 Å². The van der Waals surface area contributed by atoms with E-state index in [9.17, 15) is 4.79 Å². The molecule has 0 aromatic rings. The van der Waals surface area contributed by atoms with Gasteiger partial charge in [0.1, 0.15) is 0 Å². The largest absolute Gasteiger partial charge is 0.354 e. The van der Waals surface area contributed by atoms with Gasteiger partial charge in [0, 0.05) is 24.3 Å². The van der Waals surface area contributed by atoms with Crippen molar-refractivity contribution < 1.29 is 4.79 Å². The van der Waals surface area contributed by atoms with Crippen LogP contribution in [0, 0.1) is 11.8 Å². The van der Waals surface area contributed by atoms with E-state index >= 15 is 0 Å². The highest BCUT2D eigenvalue weighted by atomic mass is 35.5. The molecule has 0 aromatic carbocycles. The van der Waals surface area contributed by atoms with E-state index in [1.54, 1.807) is 11.8 Å². The zero-order valence-corrected chi connectivity index (χ0v) is 11.0. The maximum absolute atomic E-state index is 11.5. The fourth-order valence-corrected chi connectivity index (χ4v) is 2.06. The smallest absolute Gasteiger partial charge is 0.223 e. The van der Waals surface area contributed by atoms with Gasteiger partial charge in [-0.25, -0.2) is 0 Å². The molecule has 15 heavy (non-hydrogen) atoms. The van der Waals surface area contributed by atoms with Gasteiger partial charge in [0.05, 0.1) is 0 Å². The summed E-state index contributed by atoms with van der Waals surface area (Å²) in [6.07, 6.45) is 4.48. The van der Waals surface area contributed by atoms with Crippen molar-refractivity contribution in [3.8, 4) is 0 Å². The van der Waals surface area contributed by atoms with E-state index in [0.717, 1.165) is 5.75 Å². The van der Waals surface area contributed by atoms with E-state index < -0.39 is 0 Å². The molecule has 2 atom stereocenters. The molecule has 90 valence electrons. The van der Waals surface area contributed by atoms with Crippen molar-refractivity contribution in [2.24, 2.45) is 17.6 Å². The molecule has 3 N–H and O–H groups in total. The van der Waals surface area contributed by atoms with Crippen LogP contribution in [0.1, 0.15) is 19.8 Å². The highest BCUT2D eigenvalue weighted by molar-refractivity contribution is 7.98. The Morgan fingerprint density at radius 1 is 1.60 bits per heavy atom. The number of halogens is 1. The molecule has 1 fully saturated rings. The summed E-state index contributed by atoms with van der Waals surface area (Å²) in [7, 11) is 0. The molecule has 0 spiro atoms. The van der Waals surface area contributed by atoms with Gasteiger partial charge in [-0.1, -0.05) is 6.92 Å². The summed E-state index contributed by atoms with van der Waals surface area (Å²) in [5, 5.41) is 2.91. The first-order valence-electron chi connectivity index (χ1n) is 5.17. The Morgan fingerprint density at radius 3 is 2.67 bits per heavy atom. The molecule has 0 heterocycles. The molecule has 5 heteroatoms. The minimum Gasteiger partial charge on any atom is -0.354 e. The fraction of sp³-hybridized carbons (Fsp3) is 0.900. The highest BCUT2D eigenvalue weighted by Crippen LogP contribution is 2.31. The molecule has 1 aliphatic carbocycles. The van der Waals surface area contributed by atoms with E-state index in [1.807, 2.05) is 13.2 Å². The summed E-state index contributed by atoms with van der Waals surface area (Å²) >= 11 is 1.70. The molecule has 3 nitrogen and oxygen atoms in total. The molecule has 0 saturated heterocycles. The number of hydrogen-bond donors (Lipinski definition) is 2. The Hall–Kier alpha value is 0.0700. The van der Waals surface area contributed by atoms with Gasteiger partial charge in [-0.2, -0.15) is 11.8 Å². The monoisotopic (exact) mass is 252 g/mol. The molecular formula is C10H21ClN2OS. The number of nitrogens with two attached hydrogens (primary N) is 1. The maximum atomic E-state index is 11.5. The second-order valence-corrected chi connectivity index (χ2v) is 5.01. The van der Waals surface area contributed by atoms with Crippen LogP contribution in [-0.4, -0.2) is 30.5 Å². The van der Waals surface area contributed by atoms with Crippen molar-refractivity contribution in [3.05, 3.63) is 0 Å². The molecule has 1 rings (SSSR count). The summed E-state index contributed by atoms with van der Waals surface area (Å²) in [6, 6.07) is 0.167. The van der Waals surface area contributed by atoms with Crippen LogP contribution >= 0.6 is 24.2 Å². The molecule has 0 aliphatic heterocycles. The van der Waals surface area contributed by atoms with Crippen LogP contribution in [0.15, 0.2) is 0 Å². The second kappa shape index (κ2) is 7.36. The van der Waals surface area contributed by atoms with Gasteiger partial charge >= 0.3 is 0 Å². The first-order chi connectivity index (χ1) is 6.65. The first kappa shape index (κ1) is 15.1. The van der Waals surface area contributed by atoms with Crippen LogP contribution in [0.3, 0.4) is 0 Å². The van der Waals surface area contributed by atoms with Crippen LogP contribution in [0.4, 0.5) is 0 Å². The minimum atomic E-state index is 0. The molecule has 0 bridgehead atoms. The van der Waals surface area contributed by atoms with E-state index in [-0.39, 0.29) is 30.3 Å². The fourth-order valence-electron chi connectivity index (χ4n) is 1.41. The molecule has 1 aliphatic rings. The normalized spacial score (nSPS) is 18.9.